The zero-order valence-corrected chi connectivity index (χ0v) is 20.0. The van der Waals surface area contributed by atoms with E-state index >= 15 is 0 Å². The van der Waals surface area contributed by atoms with Crippen LogP contribution in [0.25, 0.3) is 28.3 Å². The molecule has 0 amide bonds. The largest absolute Gasteiger partial charge is 0.398 e. The predicted molar refractivity (Wildman–Crippen MR) is 148 cm³/mol. The first-order valence-electron chi connectivity index (χ1n) is 11.1. The Balaban J connectivity index is 1.53. The van der Waals surface area contributed by atoms with Crippen molar-refractivity contribution in [1.82, 2.24) is 0 Å². The molecule has 0 unspecified atom stereocenters. The molecule has 1 aliphatic heterocycles. The van der Waals surface area contributed by atoms with Crippen LogP contribution in [-0.4, -0.2) is 20.3 Å². The number of hydrogen-bond acceptors (Lipinski definition) is 5. The highest BCUT2D eigenvalue weighted by Gasteiger charge is 2.22. The number of hydrogen-bond donors (Lipinski definition) is 3. The van der Waals surface area contributed by atoms with Crippen molar-refractivity contribution in [2.75, 3.05) is 30.0 Å². The average molecular weight is 463 g/mol. The van der Waals surface area contributed by atoms with Gasteiger partial charge in [0.05, 0.1) is 11.4 Å². The van der Waals surface area contributed by atoms with Crippen LogP contribution >= 0.6 is 11.8 Å². The lowest BCUT2D eigenvalue weighted by Gasteiger charge is -2.30. The Bertz CT molecular complexity index is 1440. The highest BCUT2D eigenvalue weighted by molar-refractivity contribution is 7.99. The summed E-state index contributed by atoms with van der Waals surface area (Å²) in [6.07, 6.45) is 3.19. The van der Waals surface area contributed by atoms with E-state index in [1.54, 1.807) is 17.8 Å². The molecule has 5 rings (SSSR count). The van der Waals surface area contributed by atoms with Crippen molar-refractivity contribution in [2.45, 2.75) is 9.79 Å². The van der Waals surface area contributed by atoms with Crippen molar-refractivity contribution in [3.8, 4) is 22.3 Å². The fourth-order valence-corrected chi connectivity index (χ4v) is 5.60. The van der Waals surface area contributed by atoms with Gasteiger partial charge in [0.1, 0.15) is 0 Å². The van der Waals surface area contributed by atoms with Crippen LogP contribution in [0.5, 0.6) is 0 Å². The van der Waals surface area contributed by atoms with Crippen LogP contribution in [0.15, 0.2) is 89.2 Å². The van der Waals surface area contributed by atoms with Gasteiger partial charge >= 0.3 is 0 Å². The van der Waals surface area contributed by atoms with Gasteiger partial charge in [-0.1, -0.05) is 48.7 Å². The molecule has 4 aromatic carbocycles. The molecule has 1 aliphatic rings. The van der Waals surface area contributed by atoms with Crippen LogP contribution < -0.4 is 16.0 Å². The Morgan fingerprint density at radius 1 is 0.824 bits per heavy atom. The molecule has 5 heteroatoms. The van der Waals surface area contributed by atoms with Crippen molar-refractivity contribution in [2.24, 2.45) is 0 Å². The van der Waals surface area contributed by atoms with Gasteiger partial charge < -0.3 is 21.4 Å². The fraction of sp³-hybridized carbons (Fsp3) is 0.0690. The number of nitrogens with two attached hydrogens (primary N) is 1. The summed E-state index contributed by atoms with van der Waals surface area (Å²) >= 11 is 1.79. The summed E-state index contributed by atoms with van der Waals surface area (Å²) in [4.78, 5) is 4.68. The van der Waals surface area contributed by atoms with E-state index in [0.29, 0.717) is 0 Å². The minimum Gasteiger partial charge on any atom is -0.398 e. The van der Waals surface area contributed by atoms with Gasteiger partial charge in [-0.15, -0.1) is 0 Å². The summed E-state index contributed by atoms with van der Waals surface area (Å²) in [6, 6.07) is 25.4. The third-order valence-corrected chi connectivity index (χ3v) is 7.41. The fourth-order valence-electron chi connectivity index (χ4n) is 4.37. The van der Waals surface area contributed by atoms with E-state index in [4.69, 9.17) is 11.1 Å². The normalized spacial score (nSPS) is 12.0. The topological polar surface area (TPSA) is 65.1 Å². The molecule has 4 aromatic rings. The predicted octanol–water partition coefficient (Wildman–Crippen LogP) is 7.52. The van der Waals surface area contributed by atoms with Gasteiger partial charge in [0.15, 0.2) is 0 Å². The van der Waals surface area contributed by atoms with Gasteiger partial charge in [0, 0.05) is 47.0 Å². The summed E-state index contributed by atoms with van der Waals surface area (Å²) in [5.41, 5.74) is 16.5. The Labute approximate surface area is 204 Å². The summed E-state index contributed by atoms with van der Waals surface area (Å²) in [5, 5.41) is 10.9. The first-order chi connectivity index (χ1) is 16.5. The average Bonchev–Trinajstić information content (AvgIpc) is 2.88. The molecule has 0 saturated heterocycles. The second-order valence-corrected chi connectivity index (χ2v) is 9.35. The minimum atomic E-state index is 0.737. The number of nitrogens with one attached hydrogen (secondary N) is 2. The lowest BCUT2D eigenvalue weighted by Crippen LogP contribution is -2.14. The van der Waals surface area contributed by atoms with Crippen LogP contribution in [0.4, 0.5) is 22.7 Å². The number of rotatable bonds is 5. The Kier molecular flexibility index (Phi) is 5.64. The smallest absolute Gasteiger partial charge is 0.0550 e. The molecule has 34 heavy (non-hydrogen) atoms. The standard InChI is InChI=1S/C29H26N4S/c1-4-18-13-19(5-9-24(18)31)21-7-11-26-28(15-21)34-29-16-22(8-12-27(29)33(26)3)20-6-10-25(32-2)23(14-20)17-30/h4-17,30,32H,1,31H2,2-3H3. The first kappa shape index (κ1) is 21.9. The molecular formula is C29H26N4S. The quantitative estimate of drug-likeness (QED) is 0.212. The van der Waals surface area contributed by atoms with Crippen molar-refractivity contribution < 1.29 is 0 Å². The van der Waals surface area contributed by atoms with Gasteiger partial charge in [-0.3, -0.25) is 0 Å². The molecular weight excluding hydrogens is 436 g/mol. The molecule has 0 aromatic heterocycles. The number of benzene rings is 4. The Morgan fingerprint density at radius 3 is 1.91 bits per heavy atom. The van der Waals surface area contributed by atoms with E-state index in [2.05, 4.69) is 84.5 Å². The SMILES string of the molecule is C=Cc1cc(-c2ccc3c(c2)Sc2cc(-c4ccc(NC)c(C=N)c4)ccc2N3C)ccc1N. The molecule has 0 aliphatic carbocycles. The molecule has 4 N–H and O–H groups in total. The number of nitrogens with zero attached hydrogens (tertiary/aromatic N) is 1. The third-order valence-electron chi connectivity index (χ3n) is 6.31. The molecule has 1 heterocycles. The third kappa shape index (κ3) is 3.74. The lowest BCUT2D eigenvalue weighted by atomic mass is 10.0. The van der Waals surface area contributed by atoms with Crippen molar-refractivity contribution in [1.29, 1.82) is 5.41 Å². The maximum Gasteiger partial charge on any atom is 0.0550 e. The van der Waals surface area contributed by atoms with Crippen LogP contribution in [0.3, 0.4) is 0 Å². The summed E-state index contributed by atoms with van der Waals surface area (Å²) in [6.45, 7) is 3.88. The van der Waals surface area contributed by atoms with E-state index in [9.17, 15) is 0 Å². The second kappa shape index (κ2) is 8.76. The highest BCUT2D eigenvalue weighted by Crippen LogP contribution is 2.49. The molecule has 0 radical (unpaired) electrons. The molecule has 0 atom stereocenters. The molecule has 4 nitrogen and oxygen atoms in total. The second-order valence-electron chi connectivity index (χ2n) is 8.27. The number of nitrogen functional groups attached to an aromatic ring is 1. The summed E-state index contributed by atoms with van der Waals surface area (Å²) in [7, 11) is 3.99. The molecule has 0 saturated carbocycles. The van der Waals surface area contributed by atoms with Crippen molar-refractivity contribution in [3.05, 3.63) is 90.5 Å². The van der Waals surface area contributed by atoms with Crippen molar-refractivity contribution >= 4 is 46.8 Å². The van der Waals surface area contributed by atoms with E-state index < -0.39 is 0 Å². The van der Waals surface area contributed by atoms with E-state index in [1.165, 1.54) is 27.4 Å². The van der Waals surface area contributed by atoms with Gasteiger partial charge in [0.2, 0.25) is 0 Å². The number of anilines is 4. The summed E-state index contributed by atoms with van der Waals surface area (Å²) in [5.74, 6) is 0. The first-order valence-corrected chi connectivity index (χ1v) is 11.9. The maximum absolute atomic E-state index is 7.75. The Morgan fingerprint density at radius 2 is 1.35 bits per heavy atom. The van der Waals surface area contributed by atoms with Gasteiger partial charge in [0.25, 0.3) is 0 Å². The minimum absolute atomic E-state index is 0.737. The van der Waals surface area contributed by atoms with E-state index in [1.807, 2.05) is 19.2 Å². The van der Waals surface area contributed by atoms with Crippen LogP contribution in [0, 0.1) is 5.41 Å². The molecule has 168 valence electrons. The zero-order valence-electron chi connectivity index (χ0n) is 19.2. The molecule has 0 spiro atoms. The lowest BCUT2D eigenvalue weighted by molar-refractivity contribution is 1.11. The Hall–Kier alpha value is -3.96. The van der Waals surface area contributed by atoms with Gasteiger partial charge in [-0.05, 0) is 76.3 Å². The van der Waals surface area contributed by atoms with Crippen LogP contribution in [-0.2, 0) is 0 Å². The van der Waals surface area contributed by atoms with E-state index in [-0.39, 0.29) is 0 Å². The van der Waals surface area contributed by atoms with E-state index in [0.717, 1.165) is 44.8 Å². The van der Waals surface area contributed by atoms with Crippen molar-refractivity contribution in [3.63, 3.8) is 0 Å². The molecule has 0 fully saturated rings. The van der Waals surface area contributed by atoms with Crippen LogP contribution in [0.2, 0.25) is 0 Å². The van der Waals surface area contributed by atoms with Gasteiger partial charge in [-0.2, -0.15) is 0 Å². The monoisotopic (exact) mass is 462 g/mol. The van der Waals surface area contributed by atoms with Gasteiger partial charge in [-0.25, -0.2) is 0 Å². The zero-order chi connectivity index (χ0) is 23.8. The van der Waals surface area contributed by atoms with Crippen LogP contribution in [0.1, 0.15) is 11.1 Å². The highest BCUT2D eigenvalue weighted by atomic mass is 32.2. The number of fused-ring (bicyclic) bond motifs is 2. The maximum atomic E-state index is 7.75. The molecule has 0 bridgehead atoms. The summed E-state index contributed by atoms with van der Waals surface area (Å²) < 4.78 is 0.